The topological polar surface area (TPSA) is 0 Å². The first-order valence-corrected chi connectivity index (χ1v) is 12.4. The van der Waals surface area contributed by atoms with E-state index in [-0.39, 0.29) is 0 Å². The Kier molecular flexibility index (Phi) is 5.90. The minimum absolute atomic E-state index is 1.02. The summed E-state index contributed by atoms with van der Waals surface area (Å²) < 4.78 is 7.89. The van der Waals surface area contributed by atoms with Crippen LogP contribution in [0.15, 0.2) is 37.4 Å². The smallest absolute Gasteiger partial charge is 0.117 e. The summed E-state index contributed by atoms with van der Waals surface area (Å²) in [4.78, 5) is 0. The molecule has 0 aromatic carbocycles. The number of hydrogen-bond donors (Lipinski definition) is 0. The third-order valence-corrected chi connectivity index (χ3v) is 12.6. The maximum Gasteiger partial charge on any atom is 0.145 e. The highest BCUT2D eigenvalue weighted by Crippen LogP contribution is 2.58. The molecule has 0 N–H and O–H groups in total. The molecule has 0 unspecified atom stereocenters. The van der Waals surface area contributed by atoms with Crippen LogP contribution < -0.4 is 0 Å². The Morgan fingerprint density at radius 3 is 2.47 bits per heavy atom. The molecule has 0 fully saturated rings. The summed E-state index contributed by atoms with van der Waals surface area (Å²) in [6.45, 7) is 0. The van der Waals surface area contributed by atoms with Crippen molar-refractivity contribution in [3.8, 4) is 0 Å². The van der Waals surface area contributed by atoms with Crippen molar-refractivity contribution >= 4 is 105 Å². The first-order valence-electron chi connectivity index (χ1n) is 4.89. The lowest BCUT2D eigenvalue weighted by Crippen LogP contribution is -1.68. The van der Waals surface area contributed by atoms with Gasteiger partial charge >= 0.3 is 0 Å². The summed E-state index contributed by atoms with van der Waals surface area (Å²) in [7, 11) is 0. The molecule has 1 aromatic heterocycles. The molecule has 2 aliphatic heterocycles. The lowest BCUT2D eigenvalue weighted by molar-refractivity contribution is 1.54. The first kappa shape index (κ1) is 15.5. The maximum absolute atomic E-state index is 5.29. The van der Waals surface area contributed by atoms with Crippen molar-refractivity contribution in [2.24, 2.45) is 0 Å². The van der Waals surface area contributed by atoms with E-state index < -0.39 is 0 Å². The summed E-state index contributed by atoms with van der Waals surface area (Å²) in [5, 5.41) is 6.56. The molecule has 100 valence electrons. The van der Waals surface area contributed by atoms with Crippen molar-refractivity contribution in [2.75, 3.05) is 6.26 Å². The highest BCUT2D eigenvalue weighted by Gasteiger charge is 2.20. The molecule has 3 heterocycles. The predicted octanol–water partition coefficient (Wildman–Crippen LogP) is 7.71. The van der Waals surface area contributed by atoms with Crippen LogP contribution in [0.4, 0.5) is 0 Å². The third kappa shape index (κ3) is 3.87. The molecule has 9 heteroatoms. The molecular weight excluding hydrogens is 409 g/mol. The van der Waals surface area contributed by atoms with Gasteiger partial charge in [-0.05, 0) is 22.5 Å². The molecular formula is C10H6S9. The summed E-state index contributed by atoms with van der Waals surface area (Å²) in [6, 6.07) is 0. The monoisotopic (exact) mass is 414 g/mol. The third-order valence-electron chi connectivity index (χ3n) is 1.93. The predicted molar refractivity (Wildman–Crippen MR) is 105 cm³/mol. The van der Waals surface area contributed by atoms with Crippen molar-refractivity contribution in [3.63, 3.8) is 0 Å². The second-order valence-corrected chi connectivity index (χ2v) is 13.2. The Morgan fingerprint density at radius 2 is 1.74 bits per heavy atom. The van der Waals surface area contributed by atoms with Crippen LogP contribution in [-0.4, -0.2) is 6.26 Å². The van der Waals surface area contributed by atoms with Gasteiger partial charge in [-0.3, -0.25) is 0 Å². The minimum atomic E-state index is 1.02. The van der Waals surface area contributed by atoms with Crippen LogP contribution in [0.2, 0.25) is 0 Å². The Labute approximate surface area is 150 Å². The molecule has 0 nitrogen and oxygen atoms in total. The van der Waals surface area contributed by atoms with Crippen LogP contribution in [-0.2, 0) is 0 Å². The van der Waals surface area contributed by atoms with E-state index in [9.17, 15) is 0 Å². The molecule has 19 heavy (non-hydrogen) atoms. The second-order valence-electron chi connectivity index (χ2n) is 3.07. The number of hydrogen-bond acceptors (Lipinski definition) is 9. The summed E-state index contributed by atoms with van der Waals surface area (Å²) >= 11 is 19.8. The zero-order valence-corrected chi connectivity index (χ0v) is 16.8. The van der Waals surface area contributed by atoms with E-state index in [4.69, 9.17) is 12.2 Å². The Bertz CT molecular complexity index is 620. The van der Waals surface area contributed by atoms with Crippen LogP contribution in [0.25, 0.3) is 0 Å². The van der Waals surface area contributed by atoms with E-state index in [1.54, 1.807) is 34.4 Å². The number of rotatable bonds is 3. The summed E-state index contributed by atoms with van der Waals surface area (Å²) in [6.07, 6.45) is 2.12. The first-order chi connectivity index (χ1) is 9.26. The van der Waals surface area contributed by atoms with Crippen molar-refractivity contribution in [3.05, 3.63) is 32.1 Å². The van der Waals surface area contributed by atoms with Crippen LogP contribution in [0.3, 0.4) is 0 Å². The molecule has 0 saturated carbocycles. The van der Waals surface area contributed by atoms with Gasteiger partial charge < -0.3 is 0 Å². The van der Waals surface area contributed by atoms with Gasteiger partial charge in [0.05, 0.1) is 21.1 Å². The molecule has 0 saturated heterocycles. The quantitative estimate of drug-likeness (QED) is 0.362. The Morgan fingerprint density at radius 1 is 1.00 bits per heavy atom. The van der Waals surface area contributed by atoms with Crippen molar-refractivity contribution in [1.29, 1.82) is 0 Å². The Hall–Kier alpha value is 1.59. The van der Waals surface area contributed by atoms with E-state index in [1.807, 2.05) is 58.8 Å². The molecule has 0 atom stereocenters. The normalized spacial score (nSPS) is 18.5. The van der Waals surface area contributed by atoms with Gasteiger partial charge in [-0.1, -0.05) is 71.0 Å². The molecule has 1 aromatic rings. The molecule has 3 rings (SSSR count). The van der Waals surface area contributed by atoms with Gasteiger partial charge in [0, 0.05) is 0 Å². The van der Waals surface area contributed by atoms with E-state index in [1.165, 1.54) is 21.1 Å². The van der Waals surface area contributed by atoms with Gasteiger partial charge in [-0.2, -0.15) is 0 Å². The maximum atomic E-state index is 5.29. The lowest BCUT2D eigenvalue weighted by atomic mass is 11.1. The van der Waals surface area contributed by atoms with Crippen molar-refractivity contribution in [2.45, 2.75) is 8.42 Å². The molecule has 0 radical (unpaired) electrons. The largest absolute Gasteiger partial charge is 0.145 e. The second kappa shape index (κ2) is 7.23. The molecule has 0 aliphatic carbocycles. The lowest BCUT2D eigenvalue weighted by Gasteiger charge is -2.02. The fourth-order valence-corrected chi connectivity index (χ4v) is 11.8. The summed E-state index contributed by atoms with van der Waals surface area (Å²) in [5.74, 6) is 0. The fraction of sp³-hybridized carbons (Fsp3) is 0.100. The van der Waals surface area contributed by atoms with Gasteiger partial charge in [0.25, 0.3) is 0 Å². The van der Waals surface area contributed by atoms with E-state index >= 15 is 0 Å². The van der Waals surface area contributed by atoms with E-state index in [2.05, 4.69) is 22.5 Å². The van der Waals surface area contributed by atoms with Crippen LogP contribution in [0.5, 0.6) is 0 Å². The Balaban J connectivity index is 1.72. The SMILES string of the molecule is CSc1sc(=S)sc1SC1=CSC(=C2SC=CS2)S1. The average molecular weight is 415 g/mol. The van der Waals surface area contributed by atoms with Crippen molar-refractivity contribution < 1.29 is 0 Å². The molecule has 0 amide bonds. The van der Waals surface area contributed by atoms with Gasteiger partial charge in [0.15, 0.2) is 0 Å². The van der Waals surface area contributed by atoms with Gasteiger partial charge in [-0.15, -0.1) is 34.4 Å². The van der Waals surface area contributed by atoms with Crippen LogP contribution >= 0.6 is 105 Å². The van der Waals surface area contributed by atoms with Gasteiger partial charge in [-0.25, -0.2) is 0 Å². The average Bonchev–Trinajstić information content (AvgIpc) is 3.09. The fourth-order valence-electron chi connectivity index (χ4n) is 1.21. The zero-order chi connectivity index (χ0) is 13.2. The van der Waals surface area contributed by atoms with E-state index in [0.717, 1.165) is 3.14 Å². The highest BCUT2D eigenvalue weighted by atomic mass is 32.3. The standard InChI is InChI=1S/C10H6S9/c1-12-6-9(19-10(11)18-6)17-5-4-15-8(16-5)7-13-2-3-14-7/h2-4H,1H3. The van der Waals surface area contributed by atoms with Crippen molar-refractivity contribution in [1.82, 2.24) is 0 Å². The van der Waals surface area contributed by atoms with Crippen LogP contribution in [0, 0.1) is 3.14 Å². The summed E-state index contributed by atoms with van der Waals surface area (Å²) in [5.41, 5.74) is 0. The van der Waals surface area contributed by atoms with Crippen LogP contribution in [0.1, 0.15) is 0 Å². The number of thioether (sulfide) groups is 6. The van der Waals surface area contributed by atoms with E-state index in [0.29, 0.717) is 0 Å². The van der Waals surface area contributed by atoms with Gasteiger partial charge in [0.1, 0.15) is 3.14 Å². The highest BCUT2D eigenvalue weighted by molar-refractivity contribution is 8.38. The molecule has 2 aliphatic rings. The zero-order valence-electron chi connectivity index (χ0n) is 9.41. The molecule has 0 bridgehead atoms. The minimum Gasteiger partial charge on any atom is -0.117 e. The molecule has 0 spiro atoms. The van der Waals surface area contributed by atoms with Gasteiger partial charge in [0.2, 0.25) is 0 Å².